The van der Waals surface area contributed by atoms with Crippen molar-refractivity contribution in [2.24, 2.45) is 0 Å². The van der Waals surface area contributed by atoms with Crippen molar-refractivity contribution in [2.75, 3.05) is 45.7 Å². The van der Waals surface area contributed by atoms with Gasteiger partial charge in [-0.15, -0.1) is 11.3 Å². The second kappa shape index (κ2) is 7.30. The molecular formula is C13H18N4O3S. The van der Waals surface area contributed by atoms with E-state index in [1.807, 2.05) is 13.1 Å². The minimum atomic E-state index is -0.376. The minimum Gasteiger partial charge on any atom is -0.383 e. The van der Waals surface area contributed by atoms with Gasteiger partial charge in [-0.05, 0) is 19.2 Å². The van der Waals surface area contributed by atoms with Crippen LogP contribution in [0.15, 0.2) is 17.6 Å². The molecule has 0 saturated heterocycles. The van der Waals surface area contributed by atoms with E-state index in [2.05, 4.69) is 15.2 Å². The monoisotopic (exact) mass is 310 g/mol. The second-order valence-electron chi connectivity index (χ2n) is 4.64. The van der Waals surface area contributed by atoms with E-state index < -0.39 is 0 Å². The lowest BCUT2D eigenvalue weighted by atomic mass is 10.2. The van der Waals surface area contributed by atoms with E-state index in [1.54, 1.807) is 18.7 Å². The lowest BCUT2D eigenvalue weighted by Crippen LogP contribution is -2.28. The molecule has 21 heavy (non-hydrogen) atoms. The summed E-state index contributed by atoms with van der Waals surface area (Å²) in [4.78, 5) is 17.1. The maximum absolute atomic E-state index is 11.3. The van der Waals surface area contributed by atoms with Crippen molar-refractivity contribution in [3.63, 3.8) is 0 Å². The van der Waals surface area contributed by atoms with E-state index in [0.717, 1.165) is 17.8 Å². The predicted molar refractivity (Wildman–Crippen MR) is 84.1 cm³/mol. The summed E-state index contributed by atoms with van der Waals surface area (Å²) < 4.78 is 5.83. The van der Waals surface area contributed by atoms with Crippen molar-refractivity contribution in [2.45, 2.75) is 0 Å². The first-order valence-electron chi connectivity index (χ1n) is 6.55. The topological polar surface area (TPSA) is 80.5 Å². The molecule has 114 valence electrons. The van der Waals surface area contributed by atoms with Gasteiger partial charge in [-0.3, -0.25) is 10.1 Å². The lowest BCUT2D eigenvalue weighted by molar-refractivity contribution is -0.382. The van der Waals surface area contributed by atoms with Crippen molar-refractivity contribution in [1.82, 2.24) is 9.88 Å². The first-order valence-corrected chi connectivity index (χ1v) is 7.43. The predicted octanol–water partition coefficient (Wildman–Crippen LogP) is 2.19. The van der Waals surface area contributed by atoms with Gasteiger partial charge in [0.05, 0.1) is 21.7 Å². The molecule has 1 aromatic heterocycles. The van der Waals surface area contributed by atoms with Gasteiger partial charge < -0.3 is 15.0 Å². The third-order valence-corrected chi connectivity index (χ3v) is 3.94. The van der Waals surface area contributed by atoms with Gasteiger partial charge in [-0.2, -0.15) is 0 Å². The number of hydrogen-bond donors (Lipinski definition) is 1. The van der Waals surface area contributed by atoms with Crippen molar-refractivity contribution in [3.05, 3.63) is 27.8 Å². The van der Waals surface area contributed by atoms with E-state index in [0.29, 0.717) is 24.4 Å². The van der Waals surface area contributed by atoms with Gasteiger partial charge in [0, 0.05) is 26.7 Å². The number of nitro benzene ring substituents is 1. The molecule has 8 heteroatoms. The smallest absolute Gasteiger partial charge is 0.319 e. The van der Waals surface area contributed by atoms with Gasteiger partial charge >= 0.3 is 5.69 Å². The highest BCUT2D eigenvalue weighted by Crippen LogP contribution is 2.34. The number of anilines is 1. The largest absolute Gasteiger partial charge is 0.383 e. The summed E-state index contributed by atoms with van der Waals surface area (Å²) in [5.41, 5.74) is 2.63. The number of aromatic nitrogens is 1. The molecule has 0 amide bonds. The van der Waals surface area contributed by atoms with Gasteiger partial charge in [0.1, 0.15) is 5.69 Å². The van der Waals surface area contributed by atoms with Crippen molar-refractivity contribution in [1.29, 1.82) is 0 Å². The van der Waals surface area contributed by atoms with E-state index in [-0.39, 0.29) is 10.6 Å². The summed E-state index contributed by atoms with van der Waals surface area (Å²) in [6.45, 7) is 2.89. The minimum absolute atomic E-state index is 0.0493. The Morgan fingerprint density at radius 1 is 1.48 bits per heavy atom. The molecule has 2 rings (SSSR count). The van der Waals surface area contributed by atoms with Crippen LogP contribution in [-0.2, 0) is 4.74 Å². The van der Waals surface area contributed by atoms with Crippen LogP contribution in [0, 0.1) is 10.1 Å². The molecule has 0 bridgehead atoms. The van der Waals surface area contributed by atoms with Crippen LogP contribution in [0.2, 0.25) is 0 Å². The molecule has 0 fully saturated rings. The number of nitrogens with one attached hydrogen (secondary N) is 1. The molecule has 0 aliphatic rings. The molecule has 0 unspecified atom stereocenters. The first kappa shape index (κ1) is 15.6. The third kappa shape index (κ3) is 3.87. The number of rotatable bonds is 8. The number of methoxy groups -OCH3 is 1. The van der Waals surface area contributed by atoms with Crippen LogP contribution in [0.1, 0.15) is 0 Å². The molecule has 0 atom stereocenters. The van der Waals surface area contributed by atoms with E-state index in [9.17, 15) is 10.1 Å². The molecule has 7 nitrogen and oxygen atoms in total. The summed E-state index contributed by atoms with van der Waals surface area (Å²) >= 11 is 1.40. The molecule has 1 N–H and O–H groups in total. The van der Waals surface area contributed by atoms with E-state index in [4.69, 9.17) is 4.74 Å². The average molecular weight is 310 g/mol. The normalized spacial score (nSPS) is 11.2. The third-order valence-electron chi connectivity index (χ3n) is 3.14. The fourth-order valence-electron chi connectivity index (χ4n) is 1.98. The summed E-state index contributed by atoms with van der Waals surface area (Å²) in [5, 5.41) is 14.4. The molecule has 0 saturated carbocycles. The molecule has 1 heterocycles. The number of fused-ring (bicyclic) bond motifs is 1. The Balaban J connectivity index is 2.04. The molecule has 0 radical (unpaired) electrons. The van der Waals surface area contributed by atoms with E-state index >= 15 is 0 Å². The maximum Gasteiger partial charge on any atom is 0.319 e. The zero-order valence-corrected chi connectivity index (χ0v) is 12.9. The standard InChI is InChI=1S/C13H18N4O3S/c1-16(7-8-20-2)6-5-14-10-3-4-11-12(15-9-21-11)13(10)17(18)19/h3-4,9,14H,5-8H2,1-2H3. The van der Waals surface area contributed by atoms with Crippen LogP contribution in [0.4, 0.5) is 11.4 Å². The number of nitro groups is 1. The van der Waals surface area contributed by atoms with Crippen LogP contribution >= 0.6 is 11.3 Å². The van der Waals surface area contributed by atoms with Gasteiger partial charge in [-0.25, -0.2) is 4.98 Å². The van der Waals surface area contributed by atoms with Crippen molar-refractivity contribution in [3.8, 4) is 0 Å². The number of benzene rings is 1. The highest BCUT2D eigenvalue weighted by molar-refractivity contribution is 7.16. The van der Waals surface area contributed by atoms with Gasteiger partial charge in [0.15, 0.2) is 5.52 Å². The van der Waals surface area contributed by atoms with Crippen LogP contribution in [0.25, 0.3) is 10.2 Å². The Morgan fingerprint density at radius 2 is 2.29 bits per heavy atom. The second-order valence-corrected chi connectivity index (χ2v) is 5.53. The number of thiazole rings is 1. The van der Waals surface area contributed by atoms with Gasteiger partial charge in [-0.1, -0.05) is 0 Å². The van der Waals surface area contributed by atoms with Crippen LogP contribution in [0.3, 0.4) is 0 Å². The number of nitrogens with zero attached hydrogens (tertiary/aromatic N) is 3. The Morgan fingerprint density at radius 3 is 3.00 bits per heavy atom. The first-order chi connectivity index (χ1) is 10.1. The highest BCUT2D eigenvalue weighted by atomic mass is 32.1. The van der Waals surface area contributed by atoms with Crippen molar-refractivity contribution < 1.29 is 9.66 Å². The van der Waals surface area contributed by atoms with Gasteiger partial charge in [0.2, 0.25) is 0 Å². The number of likely N-dealkylation sites (N-methyl/N-ethyl adjacent to an activating group) is 1. The van der Waals surface area contributed by atoms with Crippen LogP contribution < -0.4 is 5.32 Å². The molecule has 0 aliphatic carbocycles. The Bertz CT molecular complexity index is 616. The Kier molecular flexibility index (Phi) is 5.43. The summed E-state index contributed by atoms with van der Waals surface area (Å²) in [6, 6.07) is 3.60. The maximum atomic E-state index is 11.3. The molecule has 1 aromatic carbocycles. The van der Waals surface area contributed by atoms with Crippen molar-refractivity contribution >= 4 is 32.9 Å². The quantitative estimate of drug-likeness (QED) is 0.594. The van der Waals surface area contributed by atoms with Crippen LogP contribution in [-0.4, -0.2) is 55.2 Å². The zero-order chi connectivity index (χ0) is 15.2. The highest BCUT2D eigenvalue weighted by Gasteiger charge is 2.20. The summed E-state index contributed by atoms with van der Waals surface area (Å²) in [5.74, 6) is 0. The average Bonchev–Trinajstić information content (AvgIpc) is 2.92. The number of hydrogen-bond acceptors (Lipinski definition) is 7. The Labute approximate surface area is 126 Å². The molecule has 2 aromatic rings. The summed E-state index contributed by atoms with van der Waals surface area (Å²) in [6.07, 6.45) is 0. The molecule has 0 aliphatic heterocycles. The zero-order valence-electron chi connectivity index (χ0n) is 12.0. The fourth-order valence-corrected chi connectivity index (χ4v) is 2.66. The Hall–Kier alpha value is -1.77. The molecular weight excluding hydrogens is 292 g/mol. The fraction of sp³-hybridized carbons (Fsp3) is 0.462. The van der Waals surface area contributed by atoms with Gasteiger partial charge in [0.25, 0.3) is 0 Å². The number of ether oxygens (including phenoxy) is 1. The van der Waals surface area contributed by atoms with Crippen LogP contribution in [0.5, 0.6) is 0 Å². The van der Waals surface area contributed by atoms with E-state index in [1.165, 1.54) is 11.3 Å². The molecule has 0 spiro atoms. The summed E-state index contributed by atoms with van der Waals surface area (Å²) in [7, 11) is 3.65. The lowest BCUT2D eigenvalue weighted by Gasteiger charge is -2.16. The SMILES string of the molecule is COCCN(C)CCNc1ccc2scnc2c1[N+](=O)[O-].